The lowest BCUT2D eigenvalue weighted by molar-refractivity contribution is 0.0949. The topological polar surface area (TPSA) is 60.3 Å². The fraction of sp³-hybridized carbons (Fsp3) is 0.350. The summed E-state index contributed by atoms with van der Waals surface area (Å²) in [5.74, 6) is -0.0675. The van der Waals surface area contributed by atoms with E-state index in [0.717, 1.165) is 25.3 Å². The van der Waals surface area contributed by atoms with Gasteiger partial charge >= 0.3 is 0 Å². The highest BCUT2D eigenvalue weighted by Crippen LogP contribution is 2.16. The zero-order valence-corrected chi connectivity index (χ0v) is 15.7. The van der Waals surface area contributed by atoms with Crippen molar-refractivity contribution in [3.8, 4) is 0 Å². The van der Waals surface area contributed by atoms with E-state index in [1.165, 1.54) is 0 Å². The molecule has 2 rings (SSSR count). The van der Waals surface area contributed by atoms with Crippen LogP contribution in [0.25, 0.3) is 0 Å². The second kappa shape index (κ2) is 10.3. The van der Waals surface area contributed by atoms with Crippen molar-refractivity contribution in [2.24, 2.45) is 10.3 Å². The van der Waals surface area contributed by atoms with Gasteiger partial charge in [0.15, 0.2) is 0 Å². The summed E-state index contributed by atoms with van der Waals surface area (Å²) in [6, 6.07) is 16.9. The molecule has 138 valence electrons. The maximum Gasteiger partial charge on any atom is 0.251 e. The number of anilines is 1. The van der Waals surface area contributed by atoms with E-state index in [0.29, 0.717) is 17.8 Å². The first-order valence-corrected chi connectivity index (χ1v) is 8.95. The summed E-state index contributed by atoms with van der Waals surface area (Å²) >= 11 is 0. The maximum atomic E-state index is 12.2. The molecule has 0 unspecified atom stereocenters. The molecule has 0 aliphatic carbocycles. The fourth-order valence-electron chi connectivity index (χ4n) is 2.46. The van der Waals surface area contributed by atoms with E-state index in [4.69, 9.17) is 0 Å². The minimum Gasteiger partial charge on any atom is -0.351 e. The predicted octanol–water partition coefficient (Wildman–Crippen LogP) is 3.89. The Morgan fingerprint density at radius 3 is 2.27 bits per heavy atom. The van der Waals surface area contributed by atoms with Gasteiger partial charge in [-0.05, 0) is 49.5 Å². The van der Waals surface area contributed by atoms with Crippen molar-refractivity contribution in [3.63, 3.8) is 0 Å². The summed E-state index contributed by atoms with van der Waals surface area (Å²) in [4.78, 5) is 14.4. The van der Waals surface area contributed by atoms with Crippen LogP contribution in [0.15, 0.2) is 64.9 Å². The quantitative estimate of drug-likeness (QED) is 0.549. The van der Waals surface area contributed by atoms with Gasteiger partial charge in [-0.15, -0.1) is 5.11 Å². The van der Waals surface area contributed by atoms with Crippen LogP contribution in [0, 0.1) is 0 Å². The Kier molecular flexibility index (Phi) is 7.76. The number of nitrogens with one attached hydrogen (secondary N) is 1. The Labute approximate surface area is 155 Å². The molecule has 0 saturated carbocycles. The Balaban J connectivity index is 1.87. The Bertz CT molecular complexity index is 696. The lowest BCUT2D eigenvalue weighted by Gasteiger charge is -2.17. The Morgan fingerprint density at radius 2 is 1.65 bits per heavy atom. The van der Waals surface area contributed by atoms with Crippen LogP contribution in [0.3, 0.4) is 0 Å². The van der Waals surface area contributed by atoms with E-state index < -0.39 is 0 Å². The van der Waals surface area contributed by atoms with E-state index >= 15 is 0 Å². The van der Waals surface area contributed by atoms with Crippen LogP contribution in [0.4, 0.5) is 11.4 Å². The maximum absolute atomic E-state index is 12.2. The van der Waals surface area contributed by atoms with Gasteiger partial charge in [-0.2, -0.15) is 0 Å². The van der Waals surface area contributed by atoms with Gasteiger partial charge in [0.1, 0.15) is 0 Å². The average molecular weight is 353 g/mol. The second-order valence-corrected chi connectivity index (χ2v) is 5.88. The molecule has 0 saturated heterocycles. The van der Waals surface area contributed by atoms with E-state index in [-0.39, 0.29) is 5.91 Å². The van der Waals surface area contributed by atoms with Gasteiger partial charge < -0.3 is 10.2 Å². The molecule has 0 fully saturated rings. The van der Waals surface area contributed by atoms with Crippen LogP contribution in [0.2, 0.25) is 0 Å². The summed E-state index contributed by atoms with van der Waals surface area (Å²) in [6.07, 6.45) is 0. The van der Waals surface area contributed by atoms with E-state index in [9.17, 15) is 4.79 Å². The van der Waals surface area contributed by atoms with Crippen molar-refractivity contribution in [1.82, 2.24) is 10.2 Å². The molecule has 0 aromatic heterocycles. The molecule has 6 nitrogen and oxygen atoms in total. The molecule has 2 aromatic carbocycles. The van der Waals surface area contributed by atoms with Gasteiger partial charge in [-0.3, -0.25) is 4.79 Å². The SMILES string of the molecule is CCN(CC)CCNC(=O)c1ccc(N=NN(C)c2ccccc2)cc1. The number of carbonyl (C=O) groups excluding carboxylic acids is 1. The molecule has 0 aliphatic heterocycles. The first-order valence-electron chi connectivity index (χ1n) is 8.95. The van der Waals surface area contributed by atoms with Crippen LogP contribution in [-0.2, 0) is 0 Å². The number of likely N-dealkylation sites (N-methyl/N-ethyl adjacent to an activating group) is 1. The van der Waals surface area contributed by atoms with Gasteiger partial charge in [0.2, 0.25) is 0 Å². The molecule has 0 heterocycles. The van der Waals surface area contributed by atoms with Crippen molar-refractivity contribution < 1.29 is 4.79 Å². The van der Waals surface area contributed by atoms with Crippen LogP contribution in [0.1, 0.15) is 24.2 Å². The average Bonchev–Trinajstić information content (AvgIpc) is 2.70. The largest absolute Gasteiger partial charge is 0.351 e. The van der Waals surface area contributed by atoms with Crippen molar-refractivity contribution in [2.45, 2.75) is 13.8 Å². The van der Waals surface area contributed by atoms with Crippen LogP contribution in [0.5, 0.6) is 0 Å². The highest BCUT2D eigenvalue weighted by molar-refractivity contribution is 5.94. The van der Waals surface area contributed by atoms with Gasteiger partial charge in [0.25, 0.3) is 5.91 Å². The number of nitrogens with zero attached hydrogens (tertiary/aromatic N) is 4. The van der Waals surface area contributed by atoms with Crippen molar-refractivity contribution in [3.05, 3.63) is 60.2 Å². The third kappa shape index (κ3) is 5.97. The minimum atomic E-state index is -0.0675. The summed E-state index contributed by atoms with van der Waals surface area (Å²) in [5.41, 5.74) is 2.29. The Morgan fingerprint density at radius 1 is 1.00 bits per heavy atom. The number of para-hydroxylation sites is 1. The summed E-state index contributed by atoms with van der Waals surface area (Å²) in [5, 5.41) is 13.0. The van der Waals surface area contributed by atoms with Crippen molar-refractivity contribution in [1.29, 1.82) is 0 Å². The molecule has 0 atom stereocenters. The van der Waals surface area contributed by atoms with Gasteiger partial charge in [0.05, 0.1) is 11.4 Å². The smallest absolute Gasteiger partial charge is 0.251 e. The minimum absolute atomic E-state index is 0.0675. The van der Waals surface area contributed by atoms with Gasteiger partial charge in [0, 0.05) is 25.7 Å². The lowest BCUT2D eigenvalue weighted by Crippen LogP contribution is -2.34. The highest BCUT2D eigenvalue weighted by atomic mass is 16.1. The van der Waals surface area contributed by atoms with Crippen molar-refractivity contribution in [2.75, 3.05) is 38.2 Å². The fourth-order valence-corrected chi connectivity index (χ4v) is 2.46. The molecule has 0 aliphatic rings. The lowest BCUT2D eigenvalue weighted by atomic mass is 10.2. The third-order valence-corrected chi connectivity index (χ3v) is 4.16. The molecule has 0 radical (unpaired) electrons. The second-order valence-electron chi connectivity index (χ2n) is 5.88. The number of carbonyl (C=O) groups is 1. The van der Waals surface area contributed by atoms with Gasteiger partial charge in [-0.1, -0.05) is 37.3 Å². The molecular formula is C20H27N5O. The number of benzene rings is 2. The molecule has 2 aromatic rings. The third-order valence-electron chi connectivity index (χ3n) is 4.16. The molecular weight excluding hydrogens is 326 g/mol. The summed E-state index contributed by atoms with van der Waals surface area (Å²) in [7, 11) is 1.84. The summed E-state index contributed by atoms with van der Waals surface area (Å²) < 4.78 is 0. The first-order chi connectivity index (χ1) is 12.6. The number of hydrogen-bond acceptors (Lipinski definition) is 4. The molecule has 0 spiro atoms. The Hall–Kier alpha value is -2.73. The standard InChI is InChI=1S/C20H27N5O/c1-4-25(5-2)16-15-21-20(26)17-11-13-18(14-12-17)22-23-24(3)19-9-7-6-8-10-19/h6-14H,4-5,15-16H2,1-3H3,(H,21,26). The van der Waals surface area contributed by atoms with E-state index in [1.807, 2.05) is 37.4 Å². The van der Waals surface area contributed by atoms with E-state index in [1.54, 1.807) is 29.3 Å². The molecule has 1 amide bonds. The molecule has 26 heavy (non-hydrogen) atoms. The number of rotatable bonds is 9. The van der Waals surface area contributed by atoms with Crippen molar-refractivity contribution >= 4 is 17.3 Å². The normalized spacial score (nSPS) is 11.1. The van der Waals surface area contributed by atoms with Gasteiger partial charge in [-0.25, -0.2) is 5.01 Å². The molecule has 1 N–H and O–H groups in total. The number of amides is 1. The zero-order valence-electron chi connectivity index (χ0n) is 15.7. The van der Waals surface area contributed by atoms with Crippen LogP contribution >= 0.6 is 0 Å². The van der Waals surface area contributed by atoms with E-state index in [2.05, 4.69) is 34.4 Å². The monoisotopic (exact) mass is 353 g/mol. The molecule has 0 bridgehead atoms. The number of hydrogen-bond donors (Lipinski definition) is 1. The summed E-state index contributed by atoms with van der Waals surface area (Å²) in [6.45, 7) is 7.72. The molecule has 6 heteroatoms. The highest BCUT2D eigenvalue weighted by Gasteiger charge is 2.06. The van der Waals surface area contributed by atoms with Crippen LogP contribution < -0.4 is 10.3 Å². The predicted molar refractivity (Wildman–Crippen MR) is 106 cm³/mol. The zero-order chi connectivity index (χ0) is 18.8. The van der Waals surface area contributed by atoms with Crippen LogP contribution in [-0.4, -0.2) is 44.0 Å². The first kappa shape index (κ1) is 19.6.